The second-order valence-electron chi connectivity index (χ2n) is 4.12. The predicted octanol–water partition coefficient (Wildman–Crippen LogP) is 0.690. The van der Waals surface area contributed by atoms with E-state index in [0.29, 0.717) is 37.6 Å². The summed E-state index contributed by atoms with van der Waals surface area (Å²) in [6, 6.07) is 4.67. The van der Waals surface area contributed by atoms with Crippen molar-refractivity contribution in [1.82, 2.24) is 4.31 Å². The van der Waals surface area contributed by atoms with E-state index in [9.17, 15) is 13.5 Å². The fourth-order valence-electron chi connectivity index (χ4n) is 1.67. The number of hydrogen-bond acceptors (Lipinski definition) is 4. The number of anilines is 1. The first-order chi connectivity index (χ1) is 8.49. The Hall–Kier alpha value is -1.31. The van der Waals surface area contributed by atoms with Gasteiger partial charge in [-0.15, -0.1) is 0 Å². The van der Waals surface area contributed by atoms with E-state index < -0.39 is 10.2 Å². The van der Waals surface area contributed by atoms with Gasteiger partial charge in [0.2, 0.25) is 0 Å². The van der Waals surface area contributed by atoms with Crippen molar-refractivity contribution in [1.29, 1.82) is 0 Å². The molecule has 0 saturated carbocycles. The lowest BCUT2D eigenvalue weighted by Crippen LogP contribution is -2.43. The van der Waals surface area contributed by atoms with Crippen LogP contribution in [0.4, 0.5) is 5.69 Å². The van der Waals surface area contributed by atoms with Crippen LogP contribution in [0.2, 0.25) is 0 Å². The van der Waals surface area contributed by atoms with Crippen molar-refractivity contribution in [2.24, 2.45) is 0 Å². The molecule has 0 spiro atoms. The Kier molecular flexibility index (Phi) is 3.74. The molecule has 1 aliphatic heterocycles. The van der Waals surface area contributed by atoms with Crippen molar-refractivity contribution in [2.45, 2.75) is 6.92 Å². The second kappa shape index (κ2) is 5.13. The third kappa shape index (κ3) is 2.92. The summed E-state index contributed by atoms with van der Waals surface area (Å²) in [5.41, 5.74) is 1.05. The predicted molar refractivity (Wildman–Crippen MR) is 67.8 cm³/mol. The van der Waals surface area contributed by atoms with Crippen LogP contribution in [-0.4, -0.2) is 44.1 Å². The number of aryl methyl sites for hydroxylation is 1. The minimum Gasteiger partial charge on any atom is -0.508 e. The Morgan fingerprint density at radius 3 is 2.61 bits per heavy atom. The molecule has 0 aromatic heterocycles. The van der Waals surface area contributed by atoms with E-state index in [1.807, 2.05) is 0 Å². The van der Waals surface area contributed by atoms with Gasteiger partial charge < -0.3 is 9.84 Å². The van der Waals surface area contributed by atoms with E-state index in [0.717, 1.165) is 0 Å². The molecule has 6 nitrogen and oxygen atoms in total. The number of phenolic OH excluding ortho intramolecular Hbond substituents is 1. The van der Waals surface area contributed by atoms with Crippen molar-refractivity contribution in [3.63, 3.8) is 0 Å². The lowest BCUT2D eigenvalue weighted by molar-refractivity contribution is 0.0733. The van der Waals surface area contributed by atoms with Crippen LogP contribution in [0, 0.1) is 6.92 Å². The van der Waals surface area contributed by atoms with Gasteiger partial charge in [-0.3, -0.25) is 4.72 Å². The third-order valence-corrected chi connectivity index (χ3v) is 4.30. The zero-order valence-corrected chi connectivity index (χ0v) is 10.9. The van der Waals surface area contributed by atoms with E-state index in [4.69, 9.17) is 4.74 Å². The summed E-state index contributed by atoms with van der Waals surface area (Å²) < 4.78 is 32.9. The third-order valence-electron chi connectivity index (χ3n) is 2.77. The van der Waals surface area contributed by atoms with Crippen LogP contribution in [0.1, 0.15) is 5.56 Å². The Labute approximate surface area is 106 Å². The zero-order chi connectivity index (χ0) is 13.2. The largest absolute Gasteiger partial charge is 0.508 e. The van der Waals surface area contributed by atoms with Crippen molar-refractivity contribution >= 4 is 15.9 Å². The minimum atomic E-state index is -3.57. The Bertz CT molecular complexity index is 524. The molecule has 2 rings (SSSR count). The number of hydrogen-bond donors (Lipinski definition) is 2. The molecule has 1 aromatic carbocycles. The summed E-state index contributed by atoms with van der Waals surface area (Å²) in [7, 11) is -3.57. The van der Waals surface area contributed by atoms with Gasteiger partial charge in [0.15, 0.2) is 0 Å². The maximum atomic E-state index is 12.0. The standard InChI is InChI=1S/C11H16N2O4S/c1-9-2-3-10(8-11(9)14)12-18(15,16)13-4-6-17-7-5-13/h2-3,8,12,14H,4-7H2,1H3. The molecule has 1 fully saturated rings. The quantitative estimate of drug-likeness (QED) is 0.848. The van der Waals surface area contributed by atoms with E-state index >= 15 is 0 Å². The highest BCUT2D eigenvalue weighted by Gasteiger charge is 2.24. The first-order valence-electron chi connectivity index (χ1n) is 5.64. The molecule has 1 aliphatic rings. The number of nitrogens with zero attached hydrogens (tertiary/aromatic N) is 1. The average molecular weight is 272 g/mol. The number of ether oxygens (including phenoxy) is 1. The van der Waals surface area contributed by atoms with Crippen LogP contribution >= 0.6 is 0 Å². The SMILES string of the molecule is Cc1ccc(NS(=O)(=O)N2CCOCC2)cc1O. The first kappa shape index (κ1) is 13.1. The number of rotatable bonds is 3. The van der Waals surface area contributed by atoms with Gasteiger partial charge in [-0.05, 0) is 18.6 Å². The number of phenols is 1. The highest BCUT2D eigenvalue weighted by atomic mass is 32.2. The van der Waals surface area contributed by atoms with Crippen LogP contribution in [-0.2, 0) is 14.9 Å². The highest BCUT2D eigenvalue weighted by molar-refractivity contribution is 7.90. The Balaban J connectivity index is 2.13. The lowest BCUT2D eigenvalue weighted by atomic mass is 10.2. The summed E-state index contributed by atoms with van der Waals surface area (Å²) in [5, 5.41) is 9.54. The second-order valence-corrected chi connectivity index (χ2v) is 5.79. The van der Waals surface area contributed by atoms with E-state index in [1.54, 1.807) is 19.1 Å². The maximum Gasteiger partial charge on any atom is 0.301 e. The highest BCUT2D eigenvalue weighted by Crippen LogP contribution is 2.22. The van der Waals surface area contributed by atoms with Gasteiger partial charge in [0.05, 0.1) is 18.9 Å². The fraction of sp³-hybridized carbons (Fsp3) is 0.455. The van der Waals surface area contributed by atoms with Gasteiger partial charge in [-0.2, -0.15) is 12.7 Å². The summed E-state index contributed by atoms with van der Waals surface area (Å²) in [4.78, 5) is 0. The number of morpholine rings is 1. The number of aromatic hydroxyl groups is 1. The molecular formula is C11H16N2O4S. The molecule has 0 radical (unpaired) electrons. The van der Waals surface area contributed by atoms with Crippen LogP contribution < -0.4 is 4.72 Å². The van der Waals surface area contributed by atoms with Crippen molar-refractivity contribution in [2.75, 3.05) is 31.0 Å². The van der Waals surface area contributed by atoms with Gasteiger partial charge >= 0.3 is 10.2 Å². The average Bonchev–Trinajstić information content (AvgIpc) is 2.35. The van der Waals surface area contributed by atoms with Crippen LogP contribution in [0.5, 0.6) is 5.75 Å². The molecule has 18 heavy (non-hydrogen) atoms. The first-order valence-corrected chi connectivity index (χ1v) is 7.08. The van der Waals surface area contributed by atoms with Gasteiger partial charge in [-0.1, -0.05) is 6.07 Å². The molecule has 0 unspecified atom stereocenters. The monoisotopic (exact) mass is 272 g/mol. The van der Waals surface area contributed by atoms with Crippen LogP contribution in [0.3, 0.4) is 0 Å². The molecule has 0 amide bonds. The van der Waals surface area contributed by atoms with E-state index in [1.165, 1.54) is 10.4 Å². The number of benzene rings is 1. The summed E-state index contributed by atoms with van der Waals surface area (Å²) in [6.07, 6.45) is 0. The van der Waals surface area contributed by atoms with Crippen molar-refractivity contribution in [3.05, 3.63) is 23.8 Å². The number of nitrogens with one attached hydrogen (secondary N) is 1. The Morgan fingerprint density at radius 2 is 2.00 bits per heavy atom. The normalized spacial score (nSPS) is 17.6. The molecule has 1 saturated heterocycles. The maximum absolute atomic E-state index is 12.0. The van der Waals surface area contributed by atoms with Gasteiger partial charge in [-0.25, -0.2) is 0 Å². The van der Waals surface area contributed by atoms with Gasteiger partial charge in [0.1, 0.15) is 5.75 Å². The molecule has 0 atom stereocenters. The topological polar surface area (TPSA) is 78.9 Å². The minimum absolute atomic E-state index is 0.0668. The Morgan fingerprint density at radius 1 is 1.33 bits per heavy atom. The van der Waals surface area contributed by atoms with Crippen LogP contribution in [0.15, 0.2) is 18.2 Å². The van der Waals surface area contributed by atoms with Crippen LogP contribution in [0.25, 0.3) is 0 Å². The molecule has 100 valence electrons. The fourth-order valence-corrected chi connectivity index (χ4v) is 2.86. The van der Waals surface area contributed by atoms with Gasteiger partial charge in [0.25, 0.3) is 0 Å². The van der Waals surface area contributed by atoms with E-state index in [-0.39, 0.29) is 5.75 Å². The van der Waals surface area contributed by atoms with Crippen molar-refractivity contribution in [3.8, 4) is 5.75 Å². The van der Waals surface area contributed by atoms with E-state index in [2.05, 4.69) is 4.72 Å². The zero-order valence-electron chi connectivity index (χ0n) is 10.1. The molecule has 0 bridgehead atoms. The molecule has 0 aliphatic carbocycles. The van der Waals surface area contributed by atoms with Gasteiger partial charge in [0, 0.05) is 19.2 Å². The molecule has 1 aromatic rings. The molecule has 2 N–H and O–H groups in total. The van der Waals surface area contributed by atoms with Crippen molar-refractivity contribution < 1.29 is 18.3 Å². The molecule has 1 heterocycles. The summed E-state index contributed by atoms with van der Waals surface area (Å²) in [6.45, 7) is 3.23. The summed E-state index contributed by atoms with van der Waals surface area (Å²) in [5.74, 6) is 0.0668. The summed E-state index contributed by atoms with van der Waals surface area (Å²) >= 11 is 0. The lowest BCUT2D eigenvalue weighted by Gasteiger charge is -2.26. The molecular weight excluding hydrogens is 256 g/mol. The smallest absolute Gasteiger partial charge is 0.301 e. The molecule has 7 heteroatoms.